The molecule has 0 radical (unpaired) electrons. The van der Waals surface area contributed by atoms with Crippen LogP contribution < -0.4 is 15.5 Å². The Morgan fingerprint density at radius 2 is 2.16 bits per heavy atom. The van der Waals surface area contributed by atoms with Gasteiger partial charge in [-0.2, -0.15) is 5.21 Å². The molecule has 4 N–H and O–H groups in total. The molecule has 0 bridgehead atoms. The van der Waals surface area contributed by atoms with Crippen LogP contribution in [0, 0.1) is 5.92 Å². The molecule has 4 unspecified atom stereocenters. The number of carbonyl (C=O) groups is 2. The van der Waals surface area contributed by atoms with Crippen LogP contribution in [-0.2, 0) is 29.0 Å². The Bertz CT molecular complexity index is 933. The number of rotatable bonds is 7. The summed E-state index contributed by atoms with van der Waals surface area (Å²) in [6.45, 7) is 4.24. The summed E-state index contributed by atoms with van der Waals surface area (Å²) in [5.41, 5.74) is 3.03. The molecule has 0 fully saturated rings. The zero-order valence-corrected chi connectivity index (χ0v) is 17.8. The first-order chi connectivity index (χ1) is 15.0. The van der Waals surface area contributed by atoms with E-state index in [0.717, 1.165) is 29.7 Å². The predicted molar refractivity (Wildman–Crippen MR) is 113 cm³/mol. The second-order valence-corrected chi connectivity index (χ2v) is 8.44. The molecule has 2 amide bonds. The van der Waals surface area contributed by atoms with Gasteiger partial charge in [0.2, 0.25) is 11.8 Å². The highest BCUT2D eigenvalue weighted by molar-refractivity contribution is 5.89. The first-order valence-corrected chi connectivity index (χ1v) is 10.8. The second-order valence-electron chi connectivity index (χ2n) is 8.44. The van der Waals surface area contributed by atoms with Crippen molar-refractivity contribution in [1.82, 2.24) is 31.3 Å². The number of aromatic nitrogens is 4. The highest BCUT2D eigenvalue weighted by Crippen LogP contribution is 2.40. The molecule has 0 saturated heterocycles. The molecule has 3 heterocycles. The number of aromatic amines is 1. The molecule has 1 aromatic carbocycles. The van der Waals surface area contributed by atoms with Crippen molar-refractivity contribution >= 4 is 17.5 Å². The summed E-state index contributed by atoms with van der Waals surface area (Å²) < 4.78 is 0. The molecule has 1 aromatic heterocycles. The molecule has 4 rings (SSSR count). The zero-order chi connectivity index (χ0) is 22.0. The van der Waals surface area contributed by atoms with Crippen LogP contribution in [-0.4, -0.2) is 55.9 Å². The third-order valence-electron chi connectivity index (χ3n) is 6.27. The Hall–Kier alpha value is -3.01. The highest BCUT2D eigenvalue weighted by atomic mass is 16.3. The molecule has 0 aliphatic carbocycles. The molecule has 0 spiro atoms. The summed E-state index contributed by atoms with van der Waals surface area (Å²) in [4.78, 5) is 27.3. The number of benzene rings is 1. The van der Waals surface area contributed by atoms with Crippen LogP contribution in [0.2, 0.25) is 0 Å². The van der Waals surface area contributed by atoms with Crippen LogP contribution in [0.4, 0.5) is 5.69 Å². The Balaban J connectivity index is 1.54. The van der Waals surface area contributed by atoms with Crippen molar-refractivity contribution in [2.75, 3.05) is 4.90 Å². The largest absolute Gasteiger partial charge is 0.371 e. The van der Waals surface area contributed by atoms with Gasteiger partial charge >= 0.3 is 0 Å². The van der Waals surface area contributed by atoms with Gasteiger partial charge in [0.05, 0.1) is 12.6 Å². The normalized spacial score (nSPS) is 23.1. The lowest BCUT2D eigenvalue weighted by molar-refractivity contribution is -0.123. The standard InChI is InChI=1S/C21H29N7O3/c1-3-12(2)9-18(29)23-15-8-7-13-5-4-6-14-10-16(28(19(13)14)21(15)31)20(30)22-11-17-24-26-27-25-17/h4-6,12,15-16,21,31H,3,7-11H2,1-2H3,(H,22,30)(H,23,29)(H,24,25,26,27). The molecule has 2 aromatic rings. The third-order valence-corrected chi connectivity index (χ3v) is 6.27. The maximum absolute atomic E-state index is 13.0. The van der Waals surface area contributed by atoms with Gasteiger partial charge in [0.15, 0.2) is 5.82 Å². The number of aryl methyl sites for hydroxylation is 1. The number of aliphatic hydroxyl groups excluding tert-OH is 1. The average molecular weight is 428 g/mol. The van der Waals surface area contributed by atoms with E-state index in [1.807, 2.05) is 25.1 Å². The van der Waals surface area contributed by atoms with Crippen molar-refractivity contribution in [2.45, 2.75) is 70.8 Å². The van der Waals surface area contributed by atoms with Crippen molar-refractivity contribution in [1.29, 1.82) is 0 Å². The van der Waals surface area contributed by atoms with E-state index in [2.05, 4.69) is 38.2 Å². The van der Waals surface area contributed by atoms with Crippen LogP contribution in [0.5, 0.6) is 0 Å². The van der Waals surface area contributed by atoms with Crippen LogP contribution in [0.15, 0.2) is 18.2 Å². The highest BCUT2D eigenvalue weighted by Gasteiger charge is 2.43. The minimum atomic E-state index is -0.994. The number of amides is 2. The van der Waals surface area contributed by atoms with Crippen LogP contribution in [0.3, 0.4) is 0 Å². The minimum Gasteiger partial charge on any atom is -0.371 e. The molecule has 4 atom stereocenters. The van der Waals surface area contributed by atoms with Crippen LogP contribution >= 0.6 is 0 Å². The number of hydrogen-bond donors (Lipinski definition) is 4. The Labute approximate surface area is 180 Å². The lowest BCUT2D eigenvalue weighted by Crippen LogP contribution is -2.57. The first kappa shape index (κ1) is 21.2. The summed E-state index contributed by atoms with van der Waals surface area (Å²) >= 11 is 0. The van der Waals surface area contributed by atoms with Gasteiger partial charge in [-0.05, 0) is 29.9 Å². The SMILES string of the molecule is CCC(C)CC(=O)NC1CCc2cccc3c2N(C(C(=O)NCc2nn[nH]n2)C3)C1O. The van der Waals surface area contributed by atoms with Crippen molar-refractivity contribution < 1.29 is 14.7 Å². The molecule has 2 aliphatic rings. The van der Waals surface area contributed by atoms with Crippen molar-refractivity contribution in [3.05, 3.63) is 35.2 Å². The Morgan fingerprint density at radius 3 is 2.90 bits per heavy atom. The average Bonchev–Trinajstić information content (AvgIpc) is 3.39. The fraction of sp³-hybridized carbons (Fsp3) is 0.571. The van der Waals surface area contributed by atoms with E-state index in [9.17, 15) is 14.7 Å². The fourth-order valence-electron chi connectivity index (χ4n) is 4.41. The van der Waals surface area contributed by atoms with Gasteiger partial charge in [-0.25, -0.2) is 0 Å². The monoisotopic (exact) mass is 427 g/mol. The van der Waals surface area contributed by atoms with Gasteiger partial charge in [-0.1, -0.05) is 43.7 Å². The van der Waals surface area contributed by atoms with Crippen molar-refractivity contribution in [2.24, 2.45) is 5.92 Å². The predicted octanol–water partition coefficient (Wildman–Crippen LogP) is 0.433. The number of nitrogens with zero attached hydrogens (tertiary/aromatic N) is 4. The van der Waals surface area contributed by atoms with Gasteiger partial charge < -0.3 is 20.6 Å². The quantitative estimate of drug-likeness (QED) is 0.503. The summed E-state index contributed by atoms with van der Waals surface area (Å²) in [5, 5.41) is 30.7. The van der Waals surface area contributed by atoms with Crippen molar-refractivity contribution in [3.63, 3.8) is 0 Å². The number of H-pyrrole nitrogens is 1. The van der Waals surface area contributed by atoms with Gasteiger partial charge in [0, 0.05) is 18.5 Å². The Morgan fingerprint density at radius 1 is 1.35 bits per heavy atom. The molecule has 166 valence electrons. The number of aliphatic hydroxyl groups is 1. The number of tetrazole rings is 1. The van der Waals surface area contributed by atoms with E-state index in [0.29, 0.717) is 25.1 Å². The van der Waals surface area contributed by atoms with Gasteiger partial charge in [-0.3, -0.25) is 9.59 Å². The number of anilines is 1. The van der Waals surface area contributed by atoms with E-state index >= 15 is 0 Å². The molecular formula is C21H29N7O3. The number of carbonyl (C=O) groups excluding carboxylic acids is 2. The number of hydrogen-bond acceptors (Lipinski definition) is 7. The number of nitrogens with one attached hydrogen (secondary N) is 3. The fourth-order valence-corrected chi connectivity index (χ4v) is 4.41. The lowest BCUT2D eigenvalue weighted by atomic mass is 10.0. The van der Waals surface area contributed by atoms with Crippen molar-refractivity contribution in [3.8, 4) is 0 Å². The Kier molecular flexibility index (Phi) is 6.17. The number of para-hydroxylation sites is 1. The topological polar surface area (TPSA) is 136 Å². The van der Waals surface area contributed by atoms with E-state index in [-0.39, 0.29) is 24.3 Å². The van der Waals surface area contributed by atoms with Gasteiger partial charge in [0.1, 0.15) is 12.3 Å². The first-order valence-electron chi connectivity index (χ1n) is 10.8. The summed E-state index contributed by atoms with van der Waals surface area (Å²) in [5.74, 6) is 0.373. The molecule has 31 heavy (non-hydrogen) atoms. The van der Waals surface area contributed by atoms with E-state index in [1.54, 1.807) is 4.90 Å². The van der Waals surface area contributed by atoms with E-state index in [1.165, 1.54) is 0 Å². The summed E-state index contributed by atoms with van der Waals surface area (Å²) in [6.07, 6.45) is 2.18. The smallest absolute Gasteiger partial charge is 0.243 e. The van der Waals surface area contributed by atoms with E-state index in [4.69, 9.17) is 0 Å². The summed E-state index contributed by atoms with van der Waals surface area (Å²) in [6, 6.07) is 4.97. The van der Waals surface area contributed by atoms with Crippen LogP contribution in [0.1, 0.15) is 50.1 Å². The minimum absolute atomic E-state index is 0.0677. The molecule has 10 heteroatoms. The summed E-state index contributed by atoms with van der Waals surface area (Å²) in [7, 11) is 0. The van der Waals surface area contributed by atoms with Gasteiger partial charge in [0.25, 0.3) is 0 Å². The maximum Gasteiger partial charge on any atom is 0.243 e. The van der Waals surface area contributed by atoms with Gasteiger partial charge in [-0.15, -0.1) is 10.2 Å². The van der Waals surface area contributed by atoms with E-state index < -0.39 is 18.3 Å². The molecule has 10 nitrogen and oxygen atoms in total. The zero-order valence-electron chi connectivity index (χ0n) is 17.8. The second kappa shape index (κ2) is 9.01. The molecule has 2 aliphatic heterocycles. The molecular weight excluding hydrogens is 398 g/mol. The molecule has 0 saturated carbocycles. The lowest BCUT2D eigenvalue weighted by Gasteiger charge is -2.35. The third kappa shape index (κ3) is 4.39. The van der Waals surface area contributed by atoms with Crippen LogP contribution in [0.25, 0.3) is 0 Å². The maximum atomic E-state index is 13.0.